The molecule has 1 N–H and O–H groups in total. The van der Waals surface area contributed by atoms with E-state index in [4.69, 9.17) is 5.73 Å². The molecule has 0 aromatic heterocycles. The monoisotopic (exact) mass is 114 g/mol. The molecule has 46 valence electrons. The summed E-state index contributed by atoms with van der Waals surface area (Å²) in [6.45, 7) is 3.26. The van der Waals surface area contributed by atoms with Crippen LogP contribution in [0.2, 0.25) is 0 Å². The van der Waals surface area contributed by atoms with E-state index in [1.807, 2.05) is 13.8 Å². The van der Waals surface area contributed by atoms with Crippen LogP contribution in [-0.2, 0) is 4.79 Å². The van der Waals surface area contributed by atoms with Crippen LogP contribution in [0.4, 0.5) is 0 Å². The predicted octanol–water partition coefficient (Wildman–Crippen LogP) is -0.420. The molecule has 8 heavy (non-hydrogen) atoms. The molecule has 1 amide bonds. The zero-order valence-corrected chi connectivity index (χ0v) is 5.14. The molecule has 0 heterocycles. The fourth-order valence-electron chi connectivity index (χ4n) is 0.368. The van der Waals surface area contributed by atoms with E-state index >= 15 is 0 Å². The van der Waals surface area contributed by atoms with Crippen LogP contribution in [0.5, 0.6) is 0 Å². The normalized spacial score (nSPS) is 9.50. The molecule has 0 atom stereocenters. The van der Waals surface area contributed by atoms with E-state index in [9.17, 15) is 4.79 Å². The van der Waals surface area contributed by atoms with Crippen LogP contribution in [0.3, 0.4) is 0 Å². The molecule has 2 radical (unpaired) electrons. The summed E-state index contributed by atoms with van der Waals surface area (Å²) in [6, 6.07) is 0.120. The minimum Gasteiger partial charge on any atom is -0.353 e. The van der Waals surface area contributed by atoms with Gasteiger partial charge in [0.05, 0.1) is 0 Å². The minimum absolute atomic E-state index is 0.120. The molecule has 3 heteroatoms. The minimum atomic E-state index is -0.418. The topological polar surface area (TPSA) is 51.4 Å². The van der Waals surface area contributed by atoms with Crippen LogP contribution in [0.1, 0.15) is 13.8 Å². The van der Waals surface area contributed by atoms with Crippen molar-refractivity contribution in [1.82, 2.24) is 11.1 Å². The highest BCUT2D eigenvalue weighted by Gasteiger charge is 1.97. The molecule has 0 fully saturated rings. The van der Waals surface area contributed by atoms with Crippen LogP contribution in [0.25, 0.3) is 0 Å². The SMILES string of the molecule is CC(C)NC(=O)C[N]. The number of amides is 1. The molecule has 0 aromatic carbocycles. The summed E-state index contributed by atoms with van der Waals surface area (Å²) >= 11 is 0. The zero-order valence-electron chi connectivity index (χ0n) is 5.14. The van der Waals surface area contributed by atoms with Gasteiger partial charge in [0.15, 0.2) is 0 Å². The number of nitrogens with one attached hydrogen (secondary N) is 1. The summed E-state index contributed by atoms with van der Waals surface area (Å²) in [5.74, 6) is -0.319. The number of hydrogen-bond donors (Lipinski definition) is 1. The molecule has 0 saturated carbocycles. The second kappa shape index (κ2) is 3.43. The lowest BCUT2D eigenvalue weighted by molar-refractivity contribution is -0.120. The van der Waals surface area contributed by atoms with E-state index in [2.05, 4.69) is 5.32 Å². The first-order valence-corrected chi connectivity index (χ1v) is 2.57. The lowest BCUT2D eigenvalue weighted by Crippen LogP contribution is -2.32. The van der Waals surface area contributed by atoms with Crippen molar-refractivity contribution < 1.29 is 4.79 Å². The standard InChI is InChI=1S/C5H10N2O/c1-4(2)7-5(8)3-6/h4H,3H2,1-2H3,(H,7,8). The van der Waals surface area contributed by atoms with Gasteiger partial charge >= 0.3 is 0 Å². The van der Waals surface area contributed by atoms with Crippen molar-refractivity contribution in [2.24, 2.45) is 0 Å². The molecule has 0 rings (SSSR count). The molecule has 0 bridgehead atoms. The average Bonchev–Trinajstić information content (AvgIpc) is 1.65. The third kappa shape index (κ3) is 3.61. The van der Waals surface area contributed by atoms with Gasteiger partial charge in [0.1, 0.15) is 6.54 Å². The van der Waals surface area contributed by atoms with E-state index in [1.165, 1.54) is 0 Å². The maximum absolute atomic E-state index is 10.3. The second-order valence-electron chi connectivity index (χ2n) is 1.88. The van der Waals surface area contributed by atoms with Crippen molar-refractivity contribution >= 4 is 5.91 Å². The Morgan fingerprint density at radius 2 is 2.25 bits per heavy atom. The van der Waals surface area contributed by atoms with Gasteiger partial charge in [-0.2, -0.15) is 0 Å². The van der Waals surface area contributed by atoms with Crippen molar-refractivity contribution in [3.63, 3.8) is 0 Å². The molecular weight excluding hydrogens is 104 g/mol. The van der Waals surface area contributed by atoms with Gasteiger partial charge in [-0.3, -0.25) is 4.79 Å². The van der Waals surface area contributed by atoms with E-state index < -0.39 is 6.54 Å². The highest BCUT2D eigenvalue weighted by Crippen LogP contribution is 1.73. The van der Waals surface area contributed by atoms with E-state index in [1.54, 1.807) is 0 Å². The second-order valence-corrected chi connectivity index (χ2v) is 1.88. The van der Waals surface area contributed by atoms with Crippen LogP contribution in [-0.4, -0.2) is 18.5 Å². The highest BCUT2D eigenvalue weighted by molar-refractivity contribution is 5.77. The lowest BCUT2D eigenvalue weighted by Gasteiger charge is -2.03. The van der Waals surface area contributed by atoms with Crippen molar-refractivity contribution in [3.05, 3.63) is 0 Å². The smallest absolute Gasteiger partial charge is 0.237 e. The number of hydrogen-bond acceptors (Lipinski definition) is 1. The van der Waals surface area contributed by atoms with Crippen LogP contribution in [0, 0.1) is 0 Å². The van der Waals surface area contributed by atoms with Gasteiger partial charge in [0.2, 0.25) is 5.91 Å². The fraction of sp³-hybridized carbons (Fsp3) is 0.800. The van der Waals surface area contributed by atoms with Crippen LogP contribution >= 0.6 is 0 Å². The van der Waals surface area contributed by atoms with Gasteiger partial charge in [-0.25, -0.2) is 0 Å². The predicted molar refractivity (Wildman–Crippen MR) is 30.3 cm³/mol. The molecule has 0 aliphatic carbocycles. The maximum atomic E-state index is 10.3. The van der Waals surface area contributed by atoms with Gasteiger partial charge in [0.25, 0.3) is 0 Å². The van der Waals surface area contributed by atoms with Crippen molar-refractivity contribution in [3.8, 4) is 0 Å². The van der Waals surface area contributed by atoms with Gasteiger partial charge in [-0.05, 0) is 13.8 Å². The third-order valence-electron chi connectivity index (χ3n) is 0.593. The Balaban J connectivity index is 3.25. The van der Waals surface area contributed by atoms with Crippen LogP contribution in [0.15, 0.2) is 0 Å². The largest absolute Gasteiger partial charge is 0.353 e. The molecule has 0 saturated heterocycles. The Bertz CT molecular complexity index is 80.5. The Hall–Kier alpha value is -0.570. The summed E-state index contributed by atoms with van der Waals surface area (Å²) in [6.07, 6.45) is 0. The fourth-order valence-corrected chi connectivity index (χ4v) is 0.368. The van der Waals surface area contributed by atoms with Crippen molar-refractivity contribution in [2.75, 3.05) is 6.54 Å². The molecule has 0 aromatic rings. The number of carbonyl (C=O) groups excluding carboxylic acids is 1. The first kappa shape index (κ1) is 7.43. The first-order chi connectivity index (χ1) is 3.66. The summed E-state index contributed by atoms with van der Waals surface area (Å²) in [5, 5.41) is 2.50. The molecule has 0 aliphatic heterocycles. The van der Waals surface area contributed by atoms with Gasteiger partial charge in [-0.1, -0.05) is 0 Å². The molecule has 0 spiro atoms. The van der Waals surface area contributed by atoms with E-state index in [-0.39, 0.29) is 11.9 Å². The summed E-state index contributed by atoms with van der Waals surface area (Å²) in [5.41, 5.74) is 8.17. The number of rotatable bonds is 2. The Labute approximate surface area is 49.3 Å². The van der Waals surface area contributed by atoms with Gasteiger partial charge in [-0.15, -0.1) is 5.73 Å². The van der Waals surface area contributed by atoms with Crippen molar-refractivity contribution in [1.29, 1.82) is 0 Å². The van der Waals surface area contributed by atoms with Crippen LogP contribution < -0.4 is 11.1 Å². The van der Waals surface area contributed by atoms with E-state index in [0.29, 0.717) is 0 Å². The highest BCUT2D eigenvalue weighted by atomic mass is 16.1. The first-order valence-electron chi connectivity index (χ1n) is 2.57. The lowest BCUT2D eigenvalue weighted by atomic mass is 10.4. The van der Waals surface area contributed by atoms with Gasteiger partial charge in [0, 0.05) is 6.04 Å². The zero-order chi connectivity index (χ0) is 6.57. The molecule has 0 unspecified atom stereocenters. The summed E-state index contributed by atoms with van der Waals surface area (Å²) < 4.78 is 0. The Morgan fingerprint density at radius 3 is 2.38 bits per heavy atom. The number of carbonyl (C=O) groups is 1. The van der Waals surface area contributed by atoms with Gasteiger partial charge < -0.3 is 5.32 Å². The summed E-state index contributed by atoms with van der Waals surface area (Å²) in [7, 11) is 0. The third-order valence-corrected chi connectivity index (χ3v) is 0.593. The Morgan fingerprint density at radius 1 is 1.75 bits per heavy atom. The van der Waals surface area contributed by atoms with E-state index in [0.717, 1.165) is 0 Å². The van der Waals surface area contributed by atoms with Crippen molar-refractivity contribution in [2.45, 2.75) is 19.9 Å². The molecule has 3 nitrogen and oxygen atoms in total. The maximum Gasteiger partial charge on any atom is 0.237 e. The quantitative estimate of drug-likeness (QED) is 0.520. The summed E-state index contributed by atoms with van der Waals surface area (Å²) in [4.78, 5) is 10.3. The molecule has 0 aliphatic rings. The Kier molecular flexibility index (Phi) is 3.19. The average molecular weight is 114 g/mol. The number of nitrogens with zero attached hydrogens (tertiary/aromatic N) is 1. The molecular formula is C5H10N2O.